The quantitative estimate of drug-likeness (QED) is 0.882. The van der Waals surface area contributed by atoms with E-state index in [9.17, 15) is 13.9 Å². The molecule has 1 fully saturated rings. The average Bonchev–Trinajstić information content (AvgIpc) is 2.59. The maximum Gasteiger partial charge on any atom is 0.151 e. The number of anilines is 2. The van der Waals surface area contributed by atoms with Crippen LogP contribution in [-0.2, 0) is 6.54 Å². The summed E-state index contributed by atoms with van der Waals surface area (Å²) >= 11 is 0. The molecule has 128 valence electrons. The molecule has 0 aliphatic carbocycles. The van der Waals surface area contributed by atoms with Crippen molar-refractivity contribution in [1.29, 1.82) is 0 Å². The van der Waals surface area contributed by atoms with E-state index >= 15 is 0 Å². The number of pyridine rings is 1. The summed E-state index contributed by atoms with van der Waals surface area (Å²) in [5.74, 6) is 0.0379. The van der Waals surface area contributed by atoms with E-state index < -0.39 is 11.6 Å². The Bertz CT molecular complexity index is 667. The smallest absolute Gasteiger partial charge is 0.151 e. The maximum atomic E-state index is 13.3. The highest BCUT2D eigenvalue weighted by molar-refractivity contribution is 5.65. The molecule has 0 atom stereocenters. The summed E-state index contributed by atoms with van der Waals surface area (Å²) in [6, 6.07) is 7.25. The fourth-order valence-corrected chi connectivity index (χ4v) is 3.02. The molecule has 1 aromatic heterocycles. The molecule has 0 radical (unpaired) electrons. The van der Waals surface area contributed by atoms with Crippen molar-refractivity contribution in [2.45, 2.75) is 19.4 Å². The standard InChI is InChI=1S/C18H21F2N3O/c19-15-8-14(9-16(20)10-15)11-22-17-2-1-5-21-18(17)23-6-3-13(12-24)4-7-23/h1-2,5,8-10,13,22,24H,3-4,6-7,11-12H2. The van der Waals surface area contributed by atoms with Crippen LogP contribution < -0.4 is 10.2 Å². The Hall–Kier alpha value is -2.21. The molecule has 2 N–H and O–H groups in total. The molecular formula is C18H21F2N3O. The van der Waals surface area contributed by atoms with Gasteiger partial charge in [-0.25, -0.2) is 13.8 Å². The molecular weight excluding hydrogens is 312 g/mol. The molecule has 0 saturated carbocycles. The lowest BCUT2D eigenvalue weighted by atomic mass is 9.98. The van der Waals surface area contributed by atoms with Gasteiger partial charge in [-0.05, 0) is 48.6 Å². The molecule has 4 nitrogen and oxygen atoms in total. The lowest BCUT2D eigenvalue weighted by Gasteiger charge is -2.33. The van der Waals surface area contributed by atoms with Crippen LogP contribution in [0.25, 0.3) is 0 Å². The minimum atomic E-state index is -0.579. The Kier molecular flexibility index (Phi) is 5.25. The highest BCUT2D eigenvalue weighted by atomic mass is 19.1. The predicted octanol–water partition coefficient (Wildman–Crippen LogP) is 3.18. The summed E-state index contributed by atoms with van der Waals surface area (Å²) in [7, 11) is 0. The topological polar surface area (TPSA) is 48.4 Å². The van der Waals surface area contributed by atoms with Gasteiger partial charge in [0.25, 0.3) is 0 Å². The molecule has 1 aromatic carbocycles. The van der Waals surface area contributed by atoms with Crippen molar-refractivity contribution in [3.05, 3.63) is 53.7 Å². The van der Waals surface area contributed by atoms with Crippen LogP contribution in [0.4, 0.5) is 20.3 Å². The van der Waals surface area contributed by atoms with Crippen molar-refractivity contribution in [3.63, 3.8) is 0 Å². The van der Waals surface area contributed by atoms with Gasteiger partial charge in [0.15, 0.2) is 5.82 Å². The van der Waals surface area contributed by atoms with Crippen molar-refractivity contribution >= 4 is 11.5 Å². The summed E-state index contributed by atoms with van der Waals surface area (Å²) in [5, 5.41) is 12.5. The number of hydrogen-bond donors (Lipinski definition) is 2. The van der Waals surface area contributed by atoms with Crippen LogP contribution in [0, 0.1) is 17.6 Å². The number of nitrogens with one attached hydrogen (secondary N) is 1. The van der Waals surface area contributed by atoms with Gasteiger partial charge in [-0.15, -0.1) is 0 Å². The van der Waals surface area contributed by atoms with Crippen LogP contribution in [0.1, 0.15) is 18.4 Å². The van der Waals surface area contributed by atoms with Gasteiger partial charge in [-0.1, -0.05) is 0 Å². The third-order valence-corrected chi connectivity index (χ3v) is 4.36. The van der Waals surface area contributed by atoms with Crippen LogP contribution in [0.2, 0.25) is 0 Å². The number of aliphatic hydroxyl groups is 1. The SMILES string of the molecule is OCC1CCN(c2ncccc2NCc2cc(F)cc(F)c2)CC1. The fraction of sp³-hybridized carbons (Fsp3) is 0.389. The molecule has 2 aromatic rings. The molecule has 6 heteroatoms. The lowest BCUT2D eigenvalue weighted by molar-refractivity contribution is 0.203. The second-order valence-electron chi connectivity index (χ2n) is 6.12. The fourth-order valence-electron chi connectivity index (χ4n) is 3.02. The number of halogens is 2. The van der Waals surface area contributed by atoms with E-state index in [0.29, 0.717) is 18.0 Å². The third-order valence-electron chi connectivity index (χ3n) is 4.36. The molecule has 0 bridgehead atoms. The molecule has 1 saturated heterocycles. The number of aromatic nitrogens is 1. The molecule has 1 aliphatic rings. The van der Waals surface area contributed by atoms with Crippen LogP contribution in [0.5, 0.6) is 0 Å². The number of piperidine rings is 1. The second kappa shape index (κ2) is 7.57. The van der Waals surface area contributed by atoms with Gasteiger partial charge < -0.3 is 15.3 Å². The van der Waals surface area contributed by atoms with E-state index in [4.69, 9.17) is 0 Å². The van der Waals surface area contributed by atoms with Crippen LogP contribution in [0.3, 0.4) is 0 Å². The molecule has 0 amide bonds. The average molecular weight is 333 g/mol. The van der Waals surface area contributed by atoms with Gasteiger partial charge in [-0.2, -0.15) is 0 Å². The van der Waals surface area contributed by atoms with Crippen LogP contribution in [-0.4, -0.2) is 29.8 Å². The molecule has 3 rings (SSSR count). The summed E-state index contributed by atoms with van der Waals surface area (Å²) in [6.45, 7) is 2.23. The van der Waals surface area contributed by atoms with Crippen molar-refractivity contribution in [1.82, 2.24) is 4.98 Å². The Labute approximate surface area is 140 Å². The number of nitrogens with zero attached hydrogens (tertiary/aromatic N) is 2. The van der Waals surface area contributed by atoms with Gasteiger partial charge in [0.05, 0.1) is 5.69 Å². The van der Waals surface area contributed by atoms with Crippen LogP contribution in [0.15, 0.2) is 36.5 Å². The summed E-state index contributed by atoms with van der Waals surface area (Å²) in [4.78, 5) is 6.63. The van der Waals surface area contributed by atoms with E-state index in [-0.39, 0.29) is 6.61 Å². The zero-order valence-corrected chi connectivity index (χ0v) is 13.4. The van der Waals surface area contributed by atoms with E-state index in [2.05, 4.69) is 15.2 Å². The minimum Gasteiger partial charge on any atom is -0.396 e. The minimum absolute atomic E-state index is 0.228. The van der Waals surface area contributed by atoms with E-state index in [0.717, 1.165) is 43.5 Å². The Morgan fingerprint density at radius 2 is 1.88 bits per heavy atom. The Morgan fingerprint density at radius 3 is 2.54 bits per heavy atom. The highest BCUT2D eigenvalue weighted by Gasteiger charge is 2.21. The molecule has 1 aliphatic heterocycles. The predicted molar refractivity (Wildman–Crippen MR) is 89.9 cm³/mol. The van der Waals surface area contributed by atoms with Gasteiger partial charge in [-0.3, -0.25) is 0 Å². The summed E-state index contributed by atoms with van der Waals surface area (Å²) in [6.07, 6.45) is 3.60. The van der Waals surface area contributed by atoms with Crippen molar-refractivity contribution in [3.8, 4) is 0 Å². The van der Waals surface area contributed by atoms with Crippen molar-refractivity contribution in [2.75, 3.05) is 29.9 Å². The number of rotatable bonds is 5. The molecule has 24 heavy (non-hydrogen) atoms. The largest absolute Gasteiger partial charge is 0.396 e. The van der Waals surface area contributed by atoms with Gasteiger partial charge in [0.2, 0.25) is 0 Å². The van der Waals surface area contributed by atoms with Crippen LogP contribution >= 0.6 is 0 Å². The maximum absolute atomic E-state index is 13.3. The Morgan fingerprint density at radius 1 is 1.17 bits per heavy atom. The van der Waals surface area contributed by atoms with E-state index in [1.54, 1.807) is 6.20 Å². The Balaban J connectivity index is 1.70. The van der Waals surface area contributed by atoms with Gasteiger partial charge in [0.1, 0.15) is 11.6 Å². The number of benzene rings is 1. The van der Waals surface area contributed by atoms with E-state index in [1.165, 1.54) is 12.1 Å². The van der Waals surface area contributed by atoms with Gasteiger partial charge in [0, 0.05) is 38.5 Å². The first-order valence-corrected chi connectivity index (χ1v) is 8.15. The number of aliphatic hydroxyl groups excluding tert-OH is 1. The summed E-state index contributed by atoms with van der Waals surface area (Å²) < 4.78 is 26.6. The third kappa shape index (κ3) is 4.00. The van der Waals surface area contributed by atoms with E-state index in [1.807, 2.05) is 12.1 Å². The normalized spacial score (nSPS) is 15.5. The lowest BCUT2D eigenvalue weighted by Crippen LogP contribution is -2.35. The number of hydrogen-bond acceptors (Lipinski definition) is 4. The molecule has 0 spiro atoms. The zero-order chi connectivity index (χ0) is 16.9. The van der Waals surface area contributed by atoms with Crippen molar-refractivity contribution < 1.29 is 13.9 Å². The monoisotopic (exact) mass is 333 g/mol. The second-order valence-corrected chi connectivity index (χ2v) is 6.12. The first-order valence-electron chi connectivity index (χ1n) is 8.15. The highest BCUT2D eigenvalue weighted by Crippen LogP contribution is 2.28. The first kappa shape index (κ1) is 16.6. The molecule has 2 heterocycles. The van der Waals surface area contributed by atoms with Crippen molar-refractivity contribution in [2.24, 2.45) is 5.92 Å². The summed E-state index contributed by atoms with van der Waals surface area (Å²) in [5.41, 5.74) is 1.38. The van der Waals surface area contributed by atoms with Gasteiger partial charge >= 0.3 is 0 Å². The molecule has 0 unspecified atom stereocenters. The zero-order valence-electron chi connectivity index (χ0n) is 13.4. The first-order chi connectivity index (χ1) is 11.7.